The maximum Gasteiger partial charge on any atom is 0.323 e. The monoisotopic (exact) mass is 498 g/mol. The van der Waals surface area contributed by atoms with Gasteiger partial charge in [0.05, 0.1) is 16.3 Å². The van der Waals surface area contributed by atoms with Crippen LogP contribution in [0.25, 0.3) is 0 Å². The van der Waals surface area contributed by atoms with Crippen molar-refractivity contribution in [1.82, 2.24) is 4.31 Å². The summed E-state index contributed by atoms with van der Waals surface area (Å²) in [5.74, 6) is 1.20. The van der Waals surface area contributed by atoms with E-state index in [0.717, 1.165) is 50.9 Å². The van der Waals surface area contributed by atoms with E-state index in [9.17, 15) is 13.2 Å². The molecular formula is C27H38N4O3S. The number of rotatable bonds is 6. The first-order valence-corrected chi connectivity index (χ1v) is 14.3. The average Bonchev–Trinajstić information content (AvgIpc) is 2.85. The third kappa shape index (κ3) is 6.16. The van der Waals surface area contributed by atoms with Gasteiger partial charge in [0.2, 0.25) is 10.0 Å². The molecule has 8 heteroatoms. The van der Waals surface area contributed by atoms with Crippen molar-refractivity contribution in [3.05, 3.63) is 48.0 Å². The van der Waals surface area contributed by atoms with Crippen LogP contribution in [0.1, 0.15) is 52.0 Å². The van der Waals surface area contributed by atoms with E-state index in [1.54, 1.807) is 16.4 Å². The molecule has 2 saturated heterocycles. The molecule has 0 radical (unpaired) electrons. The second-order valence-electron chi connectivity index (χ2n) is 10.1. The Balaban J connectivity index is 1.59. The maximum absolute atomic E-state index is 13.4. The minimum atomic E-state index is -3.62. The molecule has 0 bridgehead atoms. The quantitative estimate of drug-likeness (QED) is 0.547. The molecule has 0 atom stereocenters. The fourth-order valence-corrected chi connectivity index (χ4v) is 6.28. The maximum atomic E-state index is 13.4. The number of hydrogen-bond donors (Lipinski definition) is 2. The molecule has 2 heterocycles. The molecule has 0 saturated carbocycles. The van der Waals surface area contributed by atoms with Crippen LogP contribution in [0.3, 0.4) is 0 Å². The number of urea groups is 1. The lowest BCUT2D eigenvalue weighted by Gasteiger charge is -2.34. The number of anilines is 3. The molecule has 0 aromatic heterocycles. The minimum Gasteiger partial charge on any atom is -0.370 e. The molecule has 35 heavy (non-hydrogen) atoms. The summed E-state index contributed by atoms with van der Waals surface area (Å²) in [5.41, 5.74) is 3.27. The molecule has 2 aromatic rings. The standard InChI is InChI=1S/C27H38N4O3S/c1-4-22-5-7-23(8-6-22)28-27(32)29-25-19-24(35(33,34)31-17-13-21(3)14-18-31)9-10-26(25)30-15-11-20(2)12-16-30/h5-10,19-21H,4,11-18H2,1-3H3,(H2,28,29,32). The number of piperidine rings is 2. The van der Waals surface area contributed by atoms with Crippen molar-refractivity contribution >= 4 is 33.1 Å². The van der Waals surface area contributed by atoms with Gasteiger partial charge in [-0.2, -0.15) is 4.31 Å². The Morgan fingerprint density at radius 2 is 1.49 bits per heavy atom. The van der Waals surface area contributed by atoms with E-state index in [2.05, 4.69) is 36.3 Å². The van der Waals surface area contributed by atoms with Crippen LogP contribution in [0.2, 0.25) is 0 Å². The van der Waals surface area contributed by atoms with Gasteiger partial charge in [0, 0.05) is 31.9 Å². The molecule has 0 aliphatic carbocycles. The highest BCUT2D eigenvalue weighted by Gasteiger charge is 2.29. The lowest BCUT2D eigenvalue weighted by molar-refractivity contribution is 0.262. The average molecular weight is 499 g/mol. The van der Waals surface area contributed by atoms with Gasteiger partial charge in [-0.3, -0.25) is 0 Å². The van der Waals surface area contributed by atoms with Gasteiger partial charge in [0.15, 0.2) is 0 Å². The summed E-state index contributed by atoms with van der Waals surface area (Å²) >= 11 is 0. The molecular weight excluding hydrogens is 460 g/mol. The lowest BCUT2D eigenvalue weighted by Crippen LogP contribution is -2.38. The van der Waals surface area contributed by atoms with Gasteiger partial charge >= 0.3 is 6.03 Å². The van der Waals surface area contributed by atoms with Crippen LogP contribution in [-0.4, -0.2) is 44.9 Å². The highest BCUT2D eigenvalue weighted by molar-refractivity contribution is 7.89. The molecule has 2 aromatic carbocycles. The third-order valence-electron chi connectivity index (χ3n) is 7.34. The highest BCUT2D eigenvalue weighted by Crippen LogP contribution is 2.34. The molecule has 0 unspecified atom stereocenters. The number of nitrogens with zero attached hydrogens (tertiary/aromatic N) is 2. The summed E-state index contributed by atoms with van der Waals surface area (Å²) in [4.78, 5) is 15.4. The van der Waals surface area contributed by atoms with Gasteiger partial charge in [-0.25, -0.2) is 13.2 Å². The molecule has 2 aliphatic heterocycles. The zero-order valence-corrected chi connectivity index (χ0v) is 21.9. The van der Waals surface area contributed by atoms with E-state index < -0.39 is 10.0 Å². The first kappa shape index (κ1) is 25.5. The summed E-state index contributed by atoms with van der Waals surface area (Å²) in [6.07, 6.45) is 4.81. The zero-order chi connectivity index (χ0) is 25.0. The van der Waals surface area contributed by atoms with Gasteiger partial charge in [-0.05, 0) is 79.8 Å². The number of carbonyl (C=O) groups is 1. The van der Waals surface area contributed by atoms with Gasteiger partial charge in [0.25, 0.3) is 0 Å². The van der Waals surface area contributed by atoms with Crippen molar-refractivity contribution in [2.75, 3.05) is 41.7 Å². The predicted octanol–water partition coefficient (Wildman–Crippen LogP) is 5.55. The number of benzene rings is 2. The molecule has 0 spiro atoms. The Hall–Kier alpha value is -2.58. The first-order valence-electron chi connectivity index (χ1n) is 12.8. The Labute approximate surface area is 209 Å². The van der Waals surface area contributed by atoms with Crippen molar-refractivity contribution in [2.45, 2.75) is 57.8 Å². The summed E-state index contributed by atoms with van der Waals surface area (Å²) < 4.78 is 28.4. The first-order chi connectivity index (χ1) is 16.8. The molecule has 2 amide bonds. The Morgan fingerprint density at radius 1 is 0.886 bits per heavy atom. The van der Waals surface area contributed by atoms with Gasteiger partial charge in [0.1, 0.15) is 0 Å². The normalized spacial score (nSPS) is 18.4. The summed E-state index contributed by atoms with van der Waals surface area (Å²) in [5, 5.41) is 5.82. The molecule has 2 aliphatic rings. The van der Waals surface area contributed by atoms with Crippen LogP contribution in [-0.2, 0) is 16.4 Å². The number of hydrogen-bond acceptors (Lipinski definition) is 4. The fraction of sp³-hybridized carbons (Fsp3) is 0.519. The molecule has 190 valence electrons. The van der Waals surface area contributed by atoms with Crippen molar-refractivity contribution in [3.63, 3.8) is 0 Å². The van der Waals surface area contributed by atoms with Gasteiger partial charge < -0.3 is 15.5 Å². The van der Waals surface area contributed by atoms with E-state index in [1.807, 2.05) is 30.3 Å². The molecule has 2 fully saturated rings. The van der Waals surface area contributed by atoms with Crippen LogP contribution < -0.4 is 15.5 Å². The van der Waals surface area contributed by atoms with E-state index in [0.29, 0.717) is 36.3 Å². The zero-order valence-electron chi connectivity index (χ0n) is 21.1. The second kappa shape index (κ2) is 11.0. The largest absolute Gasteiger partial charge is 0.370 e. The van der Waals surface area contributed by atoms with Crippen LogP contribution in [0.15, 0.2) is 47.4 Å². The van der Waals surface area contributed by atoms with Gasteiger partial charge in [-0.15, -0.1) is 0 Å². The van der Waals surface area contributed by atoms with Crippen LogP contribution in [0.4, 0.5) is 21.9 Å². The van der Waals surface area contributed by atoms with Crippen molar-refractivity contribution in [2.24, 2.45) is 11.8 Å². The third-order valence-corrected chi connectivity index (χ3v) is 9.24. The molecule has 2 N–H and O–H groups in total. The number of carbonyl (C=O) groups excluding carboxylic acids is 1. The number of nitrogens with one attached hydrogen (secondary N) is 2. The lowest BCUT2D eigenvalue weighted by atomic mass is 9.98. The van der Waals surface area contributed by atoms with Crippen molar-refractivity contribution < 1.29 is 13.2 Å². The molecule has 7 nitrogen and oxygen atoms in total. The fourth-order valence-electron chi connectivity index (χ4n) is 4.78. The van der Waals surface area contributed by atoms with Gasteiger partial charge in [-0.1, -0.05) is 32.9 Å². The van der Waals surface area contributed by atoms with E-state index in [1.165, 1.54) is 5.56 Å². The van der Waals surface area contributed by atoms with Crippen LogP contribution in [0.5, 0.6) is 0 Å². The van der Waals surface area contributed by atoms with Crippen LogP contribution >= 0.6 is 0 Å². The Bertz CT molecular complexity index is 1120. The van der Waals surface area contributed by atoms with Crippen molar-refractivity contribution in [3.8, 4) is 0 Å². The second-order valence-corrected chi connectivity index (χ2v) is 12.0. The number of amides is 2. The number of aryl methyl sites for hydroxylation is 1. The van der Waals surface area contributed by atoms with E-state index in [-0.39, 0.29) is 10.9 Å². The summed E-state index contributed by atoms with van der Waals surface area (Å²) in [6.45, 7) is 9.33. The topological polar surface area (TPSA) is 81.8 Å². The Kier molecular flexibility index (Phi) is 8.02. The predicted molar refractivity (Wildman–Crippen MR) is 143 cm³/mol. The minimum absolute atomic E-state index is 0.226. The number of sulfonamides is 1. The smallest absolute Gasteiger partial charge is 0.323 e. The highest BCUT2D eigenvalue weighted by atomic mass is 32.2. The molecule has 4 rings (SSSR count). The Morgan fingerprint density at radius 3 is 2.09 bits per heavy atom. The van der Waals surface area contributed by atoms with E-state index >= 15 is 0 Å². The van der Waals surface area contributed by atoms with E-state index in [4.69, 9.17) is 0 Å². The van der Waals surface area contributed by atoms with Crippen molar-refractivity contribution in [1.29, 1.82) is 0 Å². The van der Waals surface area contributed by atoms with Crippen LogP contribution in [0, 0.1) is 11.8 Å². The summed E-state index contributed by atoms with van der Waals surface area (Å²) in [7, 11) is -3.62. The summed E-state index contributed by atoms with van der Waals surface area (Å²) in [6, 6.07) is 12.5. The SMILES string of the molecule is CCc1ccc(NC(=O)Nc2cc(S(=O)(=O)N3CCC(C)CC3)ccc2N2CCC(C)CC2)cc1.